The minimum Gasteiger partial charge on any atom is -0.412 e. The molecule has 0 saturated heterocycles. The number of hydrogen-bond acceptors (Lipinski definition) is 0. The summed E-state index contributed by atoms with van der Waals surface area (Å²) in [4.78, 5) is 0. The van der Waals surface area contributed by atoms with Crippen molar-refractivity contribution < 1.29 is 53.9 Å². The van der Waals surface area contributed by atoms with E-state index in [1.54, 1.807) is 0 Å². The van der Waals surface area contributed by atoms with Gasteiger partial charge in [0.25, 0.3) is 0 Å². The molecule has 60 valence electrons. The molecule has 0 amide bonds. The molecule has 6 radical (unpaired) electrons. The summed E-state index contributed by atoms with van der Waals surface area (Å²) in [6, 6.07) is 0. The smallest absolute Gasteiger partial charge is 0 e. The summed E-state index contributed by atoms with van der Waals surface area (Å²) in [5.74, 6) is 0. The van der Waals surface area contributed by atoms with Crippen LogP contribution in [-0.4, -0.2) is 176 Å². The van der Waals surface area contributed by atoms with Crippen molar-refractivity contribution in [3.63, 3.8) is 0 Å². The Balaban J connectivity index is 0. The van der Waals surface area contributed by atoms with Gasteiger partial charge in [0.05, 0.1) is 0 Å². The molecular weight excluding hydrogens is 642 g/mol. The molecule has 10 heavy (non-hydrogen) atoms. The first-order valence-corrected chi connectivity index (χ1v) is 0. The summed E-state index contributed by atoms with van der Waals surface area (Å²) in [6.07, 6.45) is 0. The largest absolute Gasteiger partial charge is 0.412 e. The molecule has 0 fully saturated rings. The summed E-state index contributed by atoms with van der Waals surface area (Å²) in [5, 5.41) is 0. The van der Waals surface area contributed by atoms with E-state index in [9.17, 15) is 0 Å². The van der Waals surface area contributed by atoms with Crippen LogP contribution in [0.1, 0.15) is 0 Å². The standard InChI is InChI=1S/2Ba.6H2O.Sr.W/h;;6*1H2;;. The van der Waals surface area contributed by atoms with Crippen molar-refractivity contribution in [2.45, 2.75) is 0 Å². The van der Waals surface area contributed by atoms with Crippen LogP contribution in [0.15, 0.2) is 0 Å². The second-order valence-corrected chi connectivity index (χ2v) is 0. The monoisotopic (exact) mass is 656 g/mol. The molecular formula is H12Ba2O6SrW. The van der Waals surface area contributed by atoms with E-state index >= 15 is 0 Å². The third kappa shape index (κ3) is 74.1. The third-order valence-corrected chi connectivity index (χ3v) is 0. The fraction of sp³-hybridized carbons (Fsp3) is 0. The van der Waals surface area contributed by atoms with Gasteiger partial charge in [-0.3, -0.25) is 0 Å². The SMILES string of the molecule is O.O.O.O.O.O.[Ba].[Ba].[Sr].[W]. The van der Waals surface area contributed by atoms with E-state index in [0.29, 0.717) is 0 Å². The van der Waals surface area contributed by atoms with E-state index in [-0.39, 0.29) is 197 Å². The summed E-state index contributed by atoms with van der Waals surface area (Å²) in [6.45, 7) is 0. The Morgan fingerprint density at radius 1 is 0.400 bits per heavy atom. The van der Waals surface area contributed by atoms with Gasteiger partial charge in [-0.05, 0) is 0 Å². The Bertz CT molecular complexity index is 15.7. The second-order valence-electron chi connectivity index (χ2n) is 0. The van der Waals surface area contributed by atoms with Crippen LogP contribution < -0.4 is 0 Å². The van der Waals surface area contributed by atoms with Crippen molar-refractivity contribution in [2.75, 3.05) is 0 Å². The first-order valence-electron chi connectivity index (χ1n) is 0. The molecule has 0 bridgehead atoms. The molecule has 0 aliphatic heterocycles. The summed E-state index contributed by atoms with van der Waals surface area (Å²) in [5.41, 5.74) is 0. The fourth-order valence-electron chi connectivity index (χ4n) is 0. The van der Waals surface area contributed by atoms with Gasteiger partial charge in [0.15, 0.2) is 0 Å². The predicted octanol–water partition coefficient (Wildman–Crippen LogP) is -6.09. The molecule has 0 rings (SSSR count). The van der Waals surface area contributed by atoms with Crippen LogP contribution in [0.4, 0.5) is 0 Å². The molecule has 0 atom stereocenters. The van der Waals surface area contributed by atoms with Crippen LogP contribution in [0.2, 0.25) is 0 Å². The first kappa shape index (κ1) is 116. The zero-order chi connectivity index (χ0) is 0. The molecule has 0 aliphatic rings. The maximum absolute atomic E-state index is 0. The molecule has 0 heterocycles. The minimum absolute atomic E-state index is 0. The van der Waals surface area contributed by atoms with Crippen molar-refractivity contribution in [1.82, 2.24) is 0 Å². The maximum Gasteiger partial charge on any atom is 0 e. The average Bonchev–Trinajstić information content (AvgIpc) is 0. The van der Waals surface area contributed by atoms with Crippen LogP contribution in [0.5, 0.6) is 0 Å². The van der Waals surface area contributed by atoms with Crippen LogP contribution in [0, 0.1) is 0 Å². The third-order valence-electron chi connectivity index (χ3n) is 0. The van der Waals surface area contributed by atoms with E-state index < -0.39 is 0 Å². The van der Waals surface area contributed by atoms with Gasteiger partial charge in [0.2, 0.25) is 0 Å². The van der Waals surface area contributed by atoms with Gasteiger partial charge in [-0.1, -0.05) is 0 Å². The van der Waals surface area contributed by atoms with E-state index in [2.05, 4.69) is 0 Å². The molecule has 12 N–H and O–H groups in total. The van der Waals surface area contributed by atoms with Crippen molar-refractivity contribution in [2.24, 2.45) is 0 Å². The minimum atomic E-state index is 0. The Morgan fingerprint density at radius 3 is 0.400 bits per heavy atom. The van der Waals surface area contributed by atoms with E-state index in [1.807, 2.05) is 0 Å². The Hall–Kier alpha value is 5.07. The average molecular weight is 654 g/mol. The molecule has 0 saturated carbocycles. The Kier molecular flexibility index (Phi) is 1080. The quantitative estimate of drug-likeness (QED) is 0.225. The molecule has 0 aliphatic carbocycles. The molecule has 0 aromatic heterocycles. The van der Waals surface area contributed by atoms with Crippen molar-refractivity contribution in [3.05, 3.63) is 0 Å². The van der Waals surface area contributed by atoms with Crippen molar-refractivity contribution >= 4 is 143 Å². The van der Waals surface area contributed by atoms with Gasteiger partial charge >= 0.3 is 0 Å². The normalized spacial score (nSPS) is 0. The fourth-order valence-corrected chi connectivity index (χ4v) is 0. The molecule has 10 heteroatoms. The number of rotatable bonds is 0. The maximum atomic E-state index is 0. The van der Waals surface area contributed by atoms with E-state index in [1.165, 1.54) is 0 Å². The summed E-state index contributed by atoms with van der Waals surface area (Å²) < 4.78 is 0. The topological polar surface area (TPSA) is 189 Å². The molecule has 0 aromatic carbocycles. The van der Waals surface area contributed by atoms with Gasteiger partial charge in [0, 0.05) is 164 Å². The molecule has 0 spiro atoms. The Labute approximate surface area is 191 Å². The van der Waals surface area contributed by atoms with Crippen LogP contribution in [0.25, 0.3) is 0 Å². The molecule has 0 aromatic rings. The van der Waals surface area contributed by atoms with Gasteiger partial charge in [-0.15, -0.1) is 0 Å². The van der Waals surface area contributed by atoms with Gasteiger partial charge < -0.3 is 32.9 Å². The molecule has 0 unspecified atom stereocenters. The Morgan fingerprint density at radius 2 is 0.400 bits per heavy atom. The van der Waals surface area contributed by atoms with E-state index in [4.69, 9.17) is 0 Å². The first-order chi connectivity index (χ1) is 0. The van der Waals surface area contributed by atoms with Crippen LogP contribution >= 0.6 is 0 Å². The van der Waals surface area contributed by atoms with Crippen LogP contribution in [-0.2, 0) is 21.1 Å². The van der Waals surface area contributed by atoms with Crippen molar-refractivity contribution in [1.29, 1.82) is 0 Å². The number of hydrogen-bond donors (Lipinski definition) is 0. The predicted molar refractivity (Wildman–Crippen MR) is 38.9 cm³/mol. The zero-order valence-electron chi connectivity index (χ0n) is 5.53. The van der Waals surface area contributed by atoms with Crippen molar-refractivity contribution in [3.8, 4) is 0 Å². The zero-order valence-corrected chi connectivity index (χ0v) is 20.8. The van der Waals surface area contributed by atoms with Gasteiger partial charge in [-0.2, -0.15) is 0 Å². The second kappa shape index (κ2) is 93.5. The van der Waals surface area contributed by atoms with E-state index in [0.717, 1.165) is 0 Å². The van der Waals surface area contributed by atoms with Gasteiger partial charge in [-0.25, -0.2) is 0 Å². The summed E-state index contributed by atoms with van der Waals surface area (Å²) >= 11 is 0. The van der Waals surface area contributed by atoms with Crippen LogP contribution in [0.3, 0.4) is 0 Å². The molecule has 6 nitrogen and oxygen atoms in total. The van der Waals surface area contributed by atoms with Gasteiger partial charge in [0.1, 0.15) is 0 Å². The summed E-state index contributed by atoms with van der Waals surface area (Å²) in [7, 11) is 0.